The molecule has 0 aliphatic carbocycles. The van der Waals surface area contributed by atoms with Crippen molar-refractivity contribution in [3.05, 3.63) is 48.1 Å². The summed E-state index contributed by atoms with van der Waals surface area (Å²) < 4.78 is 2.11. The van der Waals surface area contributed by atoms with Crippen molar-refractivity contribution in [2.24, 2.45) is 0 Å². The molecule has 2 aromatic heterocycles. The Bertz CT molecular complexity index is 551. The predicted octanol–water partition coefficient (Wildman–Crippen LogP) is 3.09. The van der Waals surface area contributed by atoms with E-state index < -0.39 is 0 Å². The molecule has 0 unspecified atom stereocenters. The molecule has 0 saturated heterocycles. The minimum atomic E-state index is 1.07. The van der Waals surface area contributed by atoms with Crippen LogP contribution in [0.1, 0.15) is 0 Å². The lowest BCUT2D eigenvalue weighted by molar-refractivity contribution is 1.10. The van der Waals surface area contributed by atoms with Gasteiger partial charge < -0.3 is 0 Å². The lowest BCUT2D eigenvalue weighted by Crippen LogP contribution is -1.88. The maximum absolute atomic E-state index is 4.33. The first-order valence-corrected chi connectivity index (χ1v) is 5.29. The number of hydrogen-bond acceptors (Lipinski definition) is 2. The molecule has 0 bridgehead atoms. The number of para-hydroxylation sites is 1. The van der Waals surface area contributed by atoms with Crippen molar-refractivity contribution < 1.29 is 0 Å². The number of thiophene rings is 1. The Balaban J connectivity index is 2.28. The Morgan fingerprint density at radius 2 is 1.93 bits per heavy atom. The Morgan fingerprint density at radius 3 is 2.79 bits per heavy atom. The van der Waals surface area contributed by atoms with Crippen molar-refractivity contribution in [1.29, 1.82) is 0 Å². The van der Waals surface area contributed by atoms with E-state index >= 15 is 0 Å². The standard InChI is InChI=1S/C11H8N2S/c1-2-4-9(5-3-1)13-8-12-10-6-7-14-11(10)13/h1-8H. The molecule has 14 heavy (non-hydrogen) atoms. The Labute approximate surface area is 85.4 Å². The lowest BCUT2D eigenvalue weighted by Gasteiger charge is -2.00. The van der Waals surface area contributed by atoms with E-state index in [-0.39, 0.29) is 0 Å². The van der Waals surface area contributed by atoms with Crippen LogP contribution < -0.4 is 0 Å². The average molecular weight is 200 g/mol. The SMILES string of the molecule is c1ccc(-n2cnc3ccsc32)cc1. The number of imidazole rings is 1. The van der Waals surface area contributed by atoms with Gasteiger partial charge in [-0.2, -0.15) is 0 Å². The fourth-order valence-corrected chi connectivity index (χ4v) is 2.35. The molecule has 2 heterocycles. The smallest absolute Gasteiger partial charge is 0.127 e. The van der Waals surface area contributed by atoms with Gasteiger partial charge >= 0.3 is 0 Å². The summed E-state index contributed by atoms with van der Waals surface area (Å²) in [4.78, 5) is 5.53. The number of fused-ring (bicyclic) bond motifs is 1. The Hall–Kier alpha value is -1.61. The molecule has 1 aromatic carbocycles. The van der Waals surface area contributed by atoms with Gasteiger partial charge in [0, 0.05) is 5.69 Å². The van der Waals surface area contributed by atoms with Crippen LogP contribution in [0.2, 0.25) is 0 Å². The number of aromatic nitrogens is 2. The van der Waals surface area contributed by atoms with Crippen LogP contribution in [0.15, 0.2) is 48.1 Å². The van der Waals surface area contributed by atoms with Gasteiger partial charge in [0.2, 0.25) is 0 Å². The summed E-state index contributed by atoms with van der Waals surface area (Å²) in [6.07, 6.45) is 1.87. The summed E-state index contributed by atoms with van der Waals surface area (Å²) in [5, 5.41) is 2.07. The van der Waals surface area contributed by atoms with E-state index in [4.69, 9.17) is 0 Å². The number of rotatable bonds is 1. The van der Waals surface area contributed by atoms with Crippen LogP contribution in [-0.4, -0.2) is 9.55 Å². The highest BCUT2D eigenvalue weighted by molar-refractivity contribution is 7.16. The third-order valence-electron chi connectivity index (χ3n) is 2.19. The van der Waals surface area contributed by atoms with Crippen LogP contribution in [0.3, 0.4) is 0 Å². The zero-order valence-electron chi connectivity index (χ0n) is 7.42. The predicted molar refractivity (Wildman–Crippen MR) is 58.9 cm³/mol. The number of hydrogen-bond donors (Lipinski definition) is 0. The molecule has 0 N–H and O–H groups in total. The van der Waals surface area contributed by atoms with E-state index in [1.807, 2.05) is 30.6 Å². The second kappa shape index (κ2) is 2.96. The van der Waals surface area contributed by atoms with E-state index in [2.05, 4.69) is 27.1 Å². The first kappa shape index (κ1) is 7.76. The minimum Gasteiger partial charge on any atom is -0.290 e. The first-order chi connectivity index (χ1) is 6.95. The topological polar surface area (TPSA) is 17.8 Å². The summed E-state index contributed by atoms with van der Waals surface area (Å²) in [6.45, 7) is 0. The molecule has 0 radical (unpaired) electrons. The van der Waals surface area contributed by atoms with Gasteiger partial charge in [0.1, 0.15) is 16.7 Å². The summed E-state index contributed by atoms with van der Waals surface area (Å²) in [5.41, 5.74) is 2.23. The van der Waals surface area contributed by atoms with Gasteiger partial charge in [-0.1, -0.05) is 18.2 Å². The molecule has 0 saturated carbocycles. The molecule has 0 spiro atoms. The van der Waals surface area contributed by atoms with Crippen molar-refractivity contribution in [3.63, 3.8) is 0 Å². The van der Waals surface area contributed by atoms with Gasteiger partial charge in [-0.25, -0.2) is 4.98 Å². The van der Waals surface area contributed by atoms with Crippen LogP contribution in [0.25, 0.3) is 16.0 Å². The van der Waals surface area contributed by atoms with Crippen LogP contribution >= 0.6 is 11.3 Å². The van der Waals surface area contributed by atoms with Crippen molar-refractivity contribution in [2.75, 3.05) is 0 Å². The van der Waals surface area contributed by atoms with Gasteiger partial charge in [0.25, 0.3) is 0 Å². The summed E-state index contributed by atoms with van der Waals surface area (Å²) in [7, 11) is 0. The third-order valence-corrected chi connectivity index (χ3v) is 3.09. The second-order valence-corrected chi connectivity index (χ2v) is 3.96. The van der Waals surface area contributed by atoms with E-state index in [1.165, 1.54) is 4.83 Å². The quantitative estimate of drug-likeness (QED) is 0.590. The highest BCUT2D eigenvalue weighted by atomic mass is 32.1. The Morgan fingerprint density at radius 1 is 1.07 bits per heavy atom. The van der Waals surface area contributed by atoms with E-state index in [1.54, 1.807) is 11.3 Å². The van der Waals surface area contributed by atoms with Crippen LogP contribution in [0, 0.1) is 0 Å². The normalized spacial score (nSPS) is 10.9. The van der Waals surface area contributed by atoms with Gasteiger partial charge in [-0.05, 0) is 23.6 Å². The van der Waals surface area contributed by atoms with Crippen molar-refractivity contribution in [3.8, 4) is 5.69 Å². The highest BCUT2D eigenvalue weighted by Crippen LogP contribution is 2.22. The zero-order chi connectivity index (χ0) is 9.38. The summed E-state index contributed by atoms with van der Waals surface area (Å²) >= 11 is 1.72. The number of nitrogens with zero attached hydrogens (tertiary/aromatic N) is 2. The molecule has 3 heteroatoms. The largest absolute Gasteiger partial charge is 0.290 e. The van der Waals surface area contributed by atoms with Gasteiger partial charge in [-0.3, -0.25) is 4.57 Å². The molecule has 0 atom stereocenters. The molecular formula is C11H8N2S. The molecule has 3 rings (SSSR count). The maximum Gasteiger partial charge on any atom is 0.127 e. The lowest BCUT2D eigenvalue weighted by atomic mass is 10.3. The van der Waals surface area contributed by atoms with E-state index in [0.717, 1.165) is 11.2 Å². The monoisotopic (exact) mass is 200 g/mol. The van der Waals surface area contributed by atoms with Crippen molar-refractivity contribution in [2.45, 2.75) is 0 Å². The molecule has 0 amide bonds. The molecule has 3 aromatic rings. The van der Waals surface area contributed by atoms with Gasteiger partial charge in [-0.15, -0.1) is 11.3 Å². The van der Waals surface area contributed by atoms with E-state index in [0.29, 0.717) is 0 Å². The van der Waals surface area contributed by atoms with Crippen molar-refractivity contribution >= 4 is 21.7 Å². The van der Waals surface area contributed by atoms with Crippen LogP contribution in [-0.2, 0) is 0 Å². The van der Waals surface area contributed by atoms with Crippen molar-refractivity contribution in [1.82, 2.24) is 9.55 Å². The third kappa shape index (κ3) is 1.06. The fraction of sp³-hybridized carbons (Fsp3) is 0. The van der Waals surface area contributed by atoms with Gasteiger partial charge in [0.15, 0.2) is 0 Å². The average Bonchev–Trinajstić information content (AvgIpc) is 2.79. The molecular weight excluding hydrogens is 192 g/mol. The molecule has 0 aliphatic heterocycles. The van der Waals surface area contributed by atoms with E-state index in [9.17, 15) is 0 Å². The highest BCUT2D eigenvalue weighted by Gasteiger charge is 2.03. The first-order valence-electron chi connectivity index (χ1n) is 4.41. The maximum atomic E-state index is 4.33. The zero-order valence-corrected chi connectivity index (χ0v) is 8.24. The minimum absolute atomic E-state index is 1.07. The molecule has 0 aliphatic rings. The summed E-state index contributed by atoms with van der Waals surface area (Å²) in [5.74, 6) is 0. The molecule has 0 fully saturated rings. The van der Waals surface area contributed by atoms with Gasteiger partial charge in [0.05, 0.1) is 0 Å². The second-order valence-electron chi connectivity index (χ2n) is 3.06. The molecule has 68 valence electrons. The van der Waals surface area contributed by atoms with Crippen LogP contribution in [0.4, 0.5) is 0 Å². The Kier molecular flexibility index (Phi) is 1.64. The fourth-order valence-electron chi connectivity index (χ4n) is 1.52. The number of benzene rings is 1. The molecule has 2 nitrogen and oxygen atoms in total. The van der Waals surface area contributed by atoms with Crippen LogP contribution in [0.5, 0.6) is 0 Å². The summed E-state index contributed by atoms with van der Waals surface area (Å²) in [6, 6.07) is 12.3.